The van der Waals surface area contributed by atoms with Crippen molar-refractivity contribution in [3.05, 3.63) is 58.5 Å². The Morgan fingerprint density at radius 1 is 1.25 bits per heavy atom. The Balaban J connectivity index is 2.16. The van der Waals surface area contributed by atoms with Crippen LogP contribution in [0.4, 0.5) is 0 Å². The van der Waals surface area contributed by atoms with Gasteiger partial charge >= 0.3 is 0 Å². The minimum absolute atomic E-state index is 0.00509. The summed E-state index contributed by atoms with van der Waals surface area (Å²) >= 11 is 3.24. The van der Waals surface area contributed by atoms with E-state index in [4.69, 9.17) is 4.42 Å². The van der Waals surface area contributed by atoms with Gasteiger partial charge in [-0.05, 0) is 39.9 Å². The van der Waals surface area contributed by atoms with Crippen molar-refractivity contribution in [2.75, 3.05) is 0 Å². The molecule has 0 aliphatic carbocycles. The molecular formula is C16H18BrNO2. The molecule has 0 saturated heterocycles. The lowest BCUT2D eigenvalue weighted by atomic mass is 9.97. The first-order valence-electron chi connectivity index (χ1n) is 6.66. The van der Waals surface area contributed by atoms with Crippen molar-refractivity contribution in [1.82, 2.24) is 5.32 Å². The quantitative estimate of drug-likeness (QED) is 0.870. The van der Waals surface area contributed by atoms with E-state index < -0.39 is 0 Å². The van der Waals surface area contributed by atoms with Crippen molar-refractivity contribution in [3.8, 4) is 0 Å². The van der Waals surface area contributed by atoms with Gasteiger partial charge in [0.15, 0.2) is 4.67 Å². The van der Waals surface area contributed by atoms with Gasteiger partial charge in [-0.1, -0.05) is 44.2 Å². The molecule has 0 fully saturated rings. The molecule has 1 heterocycles. The average Bonchev–Trinajstić information content (AvgIpc) is 2.85. The van der Waals surface area contributed by atoms with Crippen LogP contribution in [0.2, 0.25) is 0 Å². The van der Waals surface area contributed by atoms with Crippen LogP contribution in [0, 0.1) is 5.92 Å². The van der Waals surface area contributed by atoms with Crippen molar-refractivity contribution in [2.45, 2.75) is 26.3 Å². The number of carbonyl (C=O) groups excluding carboxylic acids is 1. The molecule has 0 bridgehead atoms. The molecular weight excluding hydrogens is 318 g/mol. The first-order valence-corrected chi connectivity index (χ1v) is 7.46. The number of benzene rings is 1. The van der Waals surface area contributed by atoms with Gasteiger partial charge in [0.05, 0.1) is 17.9 Å². The average molecular weight is 336 g/mol. The standard InChI is InChI=1S/C16H18BrNO2/c1-11(2)10-14(12-6-4-3-5-7-12)18-16(19)13-8-9-20-15(13)17/h3-9,11,14H,10H2,1-2H3,(H,18,19). The van der Waals surface area contributed by atoms with E-state index in [0.717, 1.165) is 12.0 Å². The van der Waals surface area contributed by atoms with Crippen molar-refractivity contribution in [1.29, 1.82) is 0 Å². The molecule has 0 spiro atoms. The molecule has 4 heteroatoms. The molecule has 1 amide bonds. The van der Waals surface area contributed by atoms with Crippen LogP contribution in [0.25, 0.3) is 0 Å². The maximum absolute atomic E-state index is 12.3. The molecule has 1 unspecified atom stereocenters. The monoisotopic (exact) mass is 335 g/mol. The molecule has 3 nitrogen and oxygen atoms in total. The highest BCUT2D eigenvalue weighted by Crippen LogP contribution is 2.23. The van der Waals surface area contributed by atoms with Gasteiger partial charge in [-0.3, -0.25) is 4.79 Å². The molecule has 0 saturated carbocycles. The van der Waals surface area contributed by atoms with Gasteiger partial charge in [-0.2, -0.15) is 0 Å². The lowest BCUT2D eigenvalue weighted by Crippen LogP contribution is -2.29. The Morgan fingerprint density at radius 2 is 1.95 bits per heavy atom. The second-order valence-electron chi connectivity index (χ2n) is 5.17. The fourth-order valence-electron chi connectivity index (χ4n) is 2.13. The summed E-state index contributed by atoms with van der Waals surface area (Å²) in [5.41, 5.74) is 1.64. The van der Waals surface area contributed by atoms with E-state index in [0.29, 0.717) is 16.2 Å². The Labute approximate surface area is 127 Å². The Morgan fingerprint density at radius 3 is 2.50 bits per heavy atom. The van der Waals surface area contributed by atoms with Crippen molar-refractivity contribution in [3.63, 3.8) is 0 Å². The fourth-order valence-corrected chi connectivity index (χ4v) is 2.55. The zero-order valence-corrected chi connectivity index (χ0v) is 13.2. The van der Waals surface area contributed by atoms with E-state index in [1.165, 1.54) is 6.26 Å². The zero-order valence-electron chi connectivity index (χ0n) is 11.6. The van der Waals surface area contributed by atoms with E-state index in [1.54, 1.807) is 6.07 Å². The summed E-state index contributed by atoms with van der Waals surface area (Å²) in [5.74, 6) is 0.369. The number of hydrogen-bond donors (Lipinski definition) is 1. The van der Waals surface area contributed by atoms with Crippen LogP contribution in [0.5, 0.6) is 0 Å². The molecule has 0 radical (unpaired) electrons. The molecule has 1 atom stereocenters. The molecule has 2 rings (SSSR count). The Kier molecular flexibility index (Phi) is 5.01. The summed E-state index contributed by atoms with van der Waals surface area (Å²) in [6.07, 6.45) is 2.39. The lowest BCUT2D eigenvalue weighted by molar-refractivity contribution is 0.0930. The van der Waals surface area contributed by atoms with Crippen molar-refractivity contribution in [2.24, 2.45) is 5.92 Å². The summed E-state index contributed by atoms with van der Waals surface area (Å²) in [4.78, 5) is 12.3. The molecule has 20 heavy (non-hydrogen) atoms. The topological polar surface area (TPSA) is 42.2 Å². The van der Waals surface area contributed by atoms with Crippen LogP contribution in [-0.4, -0.2) is 5.91 Å². The van der Waals surface area contributed by atoms with Gasteiger partial charge in [0.2, 0.25) is 0 Å². The largest absolute Gasteiger partial charge is 0.457 e. The number of furan rings is 1. The van der Waals surface area contributed by atoms with Crippen molar-refractivity contribution < 1.29 is 9.21 Å². The number of halogens is 1. The van der Waals surface area contributed by atoms with Gasteiger partial charge in [0.25, 0.3) is 5.91 Å². The minimum Gasteiger partial charge on any atom is -0.457 e. The molecule has 2 aromatic rings. The molecule has 0 aliphatic rings. The van der Waals surface area contributed by atoms with E-state index in [-0.39, 0.29) is 11.9 Å². The molecule has 106 valence electrons. The number of nitrogens with one attached hydrogen (secondary N) is 1. The summed E-state index contributed by atoms with van der Waals surface area (Å²) in [5, 5.41) is 3.08. The fraction of sp³-hybridized carbons (Fsp3) is 0.312. The highest BCUT2D eigenvalue weighted by molar-refractivity contribution is 9.10. The van der Waals surface area contributed by atoms with Crippen LogP contribution in [-0.2, 0) is 0 Å². The summed E-state index contributed by atoms with van der Waals surface area (Å²) in [6.45, 7) is 4.30. The van der Waals surface area contributed by atoms with Crippen LogP contribution in [0.1, 0.15) is 42.2 Å². The predicted octanol–water partition coefficient (Wildman–Crippen LogP) is 4.56. The summed E-state index contributed by atoms with van der Waals surface area (Å²) in [6, 6.07) is 11.7. The van der Waals surface area contributed by atoms with Gasteiger partial charge in [0.1, 0.15) is 0 Å². The van der Waals surface area contributed by atoms with Gasteiger partial charge < -0.3 is 9.73 Å². The van der Waals surface area contributed by atoms with Crippen molar-refractivity contribution >= 4 is 21.8 Å². The van der Waals surface area contributed by atoms with Crippen LogP contribution < -0.4 is 5.32 Å². The molecule has 0 aliphatic heterocycles. The lowest BCUT2D eigenvalue weighted by Gasteiger charge is -2.21. The Hall–Kier alpha value is -1.55. The van der Waals surface area contributed by atoms with E-state index in [9.17, 15) is 4.79 Å². The number of rotatable bonds is 5. The van der Waals surface area contributed by atoms with Gasteiger partial charge in [0, 0.05) is 0 Å². The number of hydrogen-bond acceptors (Lipinski definition) is 2. The zero-order chi connectivity index (χ0) is 14.5. The van der Waals surface area contributed by atoms with E-state index in [2.05, 4.69) is 35.1 Å². The van der Waals surface area contributed by atoms with Gasteiger partial charge in [-0.15, -0.1) is 0 Å². The molecule has 1 N–H and O–H groups in total. The third-order valence-corrected chi connectivity index (χ3v) is 3.69. The normalized spacial score (nSPS) is 12.4. The summed E-state index contributed by atoms with van der Waals surface area (Å²) < 4.78 is 5.57. The first kappa shape index (κ1) is 14.9. The van der Waals surface area contributed by atoms with Gasteiger partial charge in [-0.25, -0.2) is 0 Å². The third kappa shape index (κ3) is 3.73. The maximum Gasteiger partial charge on any atom is 0.256 e. The highest BCUT2D eigenvalue weighted by atomic mass is 79.9. The second-order valence-corrected chi connectivity index (χ2v) is 5.89. The first-order chi connectivity index (χ1) is 9.58. The highest BCUT2D eigenvalue weighted by Gasteiger charge is 2.19. The smallest absolute Gasteiger partial charge is 0.256 e. The maximum atomic E-state index is 12.3. The van der Waals surface area contributed by atoms with Crippen LogP contribution >= 0.6 is 15.9 Å². The van der Waals surface area contributed by atoms with E-state index >= 15 is 0 Å². The molecule has 1 aromatic carbocycles. The Bertz CT molecular complexity index is 563. The number of amides is 1. The van der Waals surface area contributed by atoms with Crippen LogP contribution in [0.3, 0.4) is 0 Å². The summed E-state index contributed by atoms with van der Waals surface area (Å²) in [7, 11) is 0. The van der Waals surface area contributed by atoms with E-state index in [1.807, 2.05) is 30.3 Å². The minimum atomic E-state index is -0.125. The molecule has 1 aromatic heterocycles. The second kappa shape index (κ2) is 6.75. The predicted molar refractivity (Wildman–Crippen MR) is 82.5 cm³/mol. The van der Waals surface area contributed by atoms with Crippen LogP contribution in [0.15, 0.2) is 51.7 Å². The SMILES string of the molecule is CC(C)CC(NC(=O)c1ccoc1Br)c1ccccc1. The number of carbonyl (C=O) groups is 1. The third-order valence-electron chi connectivity index (χ3n) is 3.08.